The number of hydrogen-bond acceptors (Lipinski definition) is 8. The highest BCUT2D eigenvalue weighted by atomic mass is 31.2. The molecule has 0 aromatic heterocycles. The highest BCUT2D eigenvalue weighted by Gasteiger charge is 2.30. The average Bonchev–Trinajstić information content (AvgIpc) is 3.16. The van der Waals surface area contributed by atoms with Crippen LogP contribution in [0.2, 0.25) is 0 Å². The van der Waals surface area contributed by atoms with Gasteiger partial charge in [-0.15, -0.1) is 0 Å². The maximum atomic E-state index is 12.8. The van der Waals surface area contributed by atoms with E-state index in [1.165, 1.54) is 89.9 Å². The summed E-state index contributed by atoms with van der Waals surface area (Å²) < 4.78 is 35.1. The lowest BCUT2D eigenvalue weighted by Gasteiger charge is -2.38. The van der Waals surface area contributed by atoms with Gasteiger partial charge in [0.1, 0.15) is 6.61 Å². The molecule has 9 nitrogen and oxygen atoms in total. The van der Waals surface area contributed by atoms with Gasteiger partial charge < -0.3 is 27.9 Å². The molecule has 0 bridgehead atoms. The second-order valence-electron chi connectivity index (χ2n) is 16.9. The van der Waals surface area contributed by atoms with E-state index in [1.54, 1.807) is 0 Å². The van der Waals surface area contributed by atoms with Gasteiger partial charge in [0, 0.05) is 25.7 Å². The van der Waals surface area contributed by atoms with Crippen molar-refractivity contribution in [3.8, 4) is 0 Å². The van der Waals surface area contributed by atoms with E-state index in [1.807, 2.05) is 0 Å². The Morgan fingerprint density at radius 2 is 1.00 bits per heavy atom. The number of carbonyl (C=O) groups is 2. The predicted octanol–water partition coefficient (Wildman–Crippen LogP) is 12.3. The maximum absolute atomic E-state index is 12.8. The highest BCUT2D eigenvalue weighted by molar-refractivity contribution is 7.45. The minimum absolute atomic E-state index is 0.221. The molecule has 1 unspecified atom stereocenters. The van der Waals surface area contributed by atoms with Crippen molar-refractivity contribution in [2.75, 3.05) is 40.4 Å². The van der Waals surface area contributed by atoms with Crippen molar-refractivity contribution in [1.82, 2.24) is 0 Å². The lowest BCUT2D eigenvalue weighted by atomic mass is 10.1. The Kier molecular flexibility index (Phi) is 33.2. The number of allylic oxidation sites excluding steroid dienone is 4. The first-order valence-electron chi connectivity index (χ1n) is 23.2. The molecule has 0 N–H and O–H groups in total. The van der Waals surface area contributed by atoms with E-state index in [2.05, 4.69) is 52.2 Å². The van der Waals surface area contributed by atoms with E-state index < -0.39 is 32.6 Å². The molecule has 328 valence electrons. The number of rotatable bonds is 38. The summed E-state index contributed by atoms with van der Waals surface area (Å²) in [5.74, 6) is -0.830. The molecule has 0 aliphatic carbocycles. The molecular weight excluding hydrogens is 725 g/mol. The second-order valence-corrected chi connectivity index (χ2v) is 18.3. The van der Waals surface area contributed by atoms with Crippen LogP contribution >= 0.6 is 7.82 Å². The molecule has 2 atom stereocenters. The number of quaternary nitrogens is 1. The molecule has 1 heterocycles. The summed E-state index contributed by atoms with van der Waals surface area (Å²) in [5.41, 5.74) is 0. The Labute approximate surface area is 344 Å². The summed E-state index contributed by atoms with van der Waals surface area (Å²) in [7, 11) is -0.426. The van der Waals surface area contributed by atoms with Crippen LogP contribution in [0.1, 0.15) is 206 Å². The van der Waals surface area contributed by atoms with Gasteiger partial charge in [0.25, 0.3) is 7.82 Å². The zero-order valence-electron chi connectivity index (χ0n) is 36.7. The third-order valence-electron chi connectivity index (χ3n) is 10.8. The van der Waals surface area contributed by atoms with Gasteiger partial charge in [0.15, 0.2) is 6.10 Å². The van der Waals surface area contributed by atoms with Crippen LogP contribution < -0.4 is 4.89 Å². The van der Waals surface area contributed by atoms with E-state index in [4.69, 9.17) is 18.5 Å². The van der Waals surface area contributed by atoms with E-state index in [0.29, 0.717) is 19.3 Å². The second kappa shape index (κ2) is 35.4. The number of likely N-dealkylation sites (tertiary alicyclic amines) is 1. The fourth-order valence-electron chi connectivity index (χ4n) is 7.04. The molecule has 1 aliphatic rings. The molecule has 0 radical (unpaired) electrons. The third kappa shape index (κ3) is 33.5. The van der Waals surface area contributed by atoms with Gasteiger partial charge in [0.05, 0.1) is 39.9 Å². The van der Waals surface area contributed by atoms with Crippen molar-refractivity contribution >= 4 is 19.8 Å². The lowest BCUT2D eigenvalue weighted by molar-refractivity contribution is -0.896. The number of nitrogens with zero attached hydrogens (tertiary/aromatic N) is 1. The number of esters is 2. The van der Waals surface area contributed by atoms with Crippen LogP contribution in [0.5, 0.6) is 0 Å². The molecule has 0 saturated carbocycles. The van der Waals surface area contributed by atoms with Crippen LogP contribution in [-0.4, -0.2) is 69.0 Å². The number of phosphoric acid groups is 1. The SMILES string of the molecule is CCCCCCCC/C=C\CCCCCCCC(=O)OC[C@H](COP(=O)([O-])OC1CC[N+](C)(C)CC1)OC(=O)CCCCCCC/C=C\CCCCCCCC. The average molecular weight is 812 g/mol. The van der Waals surface area contributed by atoms with E-state index in [0.717, 1.165) is 88.2 Å². The Bertz CT molecular complexity index is 1050. The van der Waals surface area contributed by atoms with Crippen LogP contribution in [0, 0.1) is 0 Å². The zero-order valence-corrected chi connectivity index (χ0v) is 37.6. The van der Waals surface area contributed by atoms with Gasteiger partial charge in [-0.05, 0) is 64.2 Å². The van der Waals surface area contributed by atoms with Crippen molar-refractivity contribution in [2.45, 2.75) is 219 Å². The number of carbonyl (C=O) groups excluding carboxylic acids is 2. The third-order valence-corrected chi connectivity index (χ3v) is 11.8. The number of hydrogen-bond donors (Lipinski definition) is 0. The Morgan fingerprint density at radius 3 is 1.45 bits per heavy atom. The Hall–Kier alpha value is -1.51. The van der Waals surface area contributed by atoms with Crippen LogP contribution in [0.4, 0.5) is 0 Å². The number of unbranched alkanes of at least 4 members (excludes halogenated alkanes) is 22. The summed E-state index contributed by atoms with van der Waals surface area (Å²) in [4.78, 5) is 38.0. The van der Waals surface area contributed by atoms with Crippen molar-refractivity contribution in [2.24, 2.45) is 0 Å². The molecular formula is C46H86NO8P. The van der Waals surface area contributed by atoms with Crippen LogP contribution in [0.3, 0.4) is 0 Å². The molecule has 56 heavy (non-hydrogen) atoms. The summed E-state index contributed by atoms with van der Waals surface area (Å²) >= 11 is 0. The van der Waals surface area contributed by atoms with Gasteiger partial charge in [-0.2, -0.15) is 0 Å². The molecule has 10 heteroatoms. The number of piperidine rings is 1. The first-order chi connectivity index (χ1) is 27.1. The molecule has 0 amide bonds. The standard InChI is InChI=1S/C46H86NO8P/c1-5-7-9-11-13-15-17-19-21-23-25-27-29-31-33-35-45(48)52-41-44(42-53-56(50,51)55-43-37-39-47(3,4)40-38-43)54-46(49)36-34-32-30-28-26-24-22-20-18-16-14-12-10-8-6-2/h19-22,43-44H,5-18,23-42H2,1-4H3/b21-19-,22-20-/t44-/m1/s1. The van der Waals surface area contributed by atoms with Gasteiger partial charge in [-0.3, -0.25) is 14.2 Å². The smallest absolute Gasteiger partial charge is 0.306 e. The van der Waals surface area contributed by atoms with E-state index >= 15 is 0 Å². The van der Waals surface area contributed by atoms with E-state index in [9.17, 15) is 19.0 Å². The van der Waals surface area contributed by atoms with Crippen molar-refractivity contribution in [1.29, 1.82) is 0 Å². The lowest BCUT2D eigenvalue weighted by Crippen LogP contribution is -2.48. The predicted molar refractivity (Wildman–Crippen MR) is 229 cm³/mol. The molecule has 0 spiro atoms. The summed E-state index contributed by atoms with van der Waals surface area (Å²) in [6, 6.07) is 0. The summed E-state index contributed by atoms with van der Waals surface area (Å²) in [6.07, 6.45) is 40.0. The number of ether oxygens (including phenoxy) is 2. The van der Waals surface area contributed by atoms with Crippen molar-refractivity contribution in [3.63, 3.8) is 0 Å². The van der Waals surface area contributed by atoms with Gasteiger partial charge in [0.2, 0.25) is 0 Å². The minimum atomic E-state index is -4.65. The molecule has 1 fully saturated rings. The fraction of sp³-hybridized carbons (Fsp3) is 0.870. The minimum Gasteiger partial charge on any atom is -0.756 e. The molecule has 1 rings (SSSR count). The largest absolute Gasteiger partial charge is 0.756 e. The highest BCUT2D eigenvalue weighted by Crippen LogP contribution is 2.42. The van der Waals surface area contributed by atoms with Gasteiger partial charge >= 0.3 is 11.9 Å². The van der Waals surface area contributed by atoms with Crippen molar-refractivity contribution in [3.05, 3.63) is 24.3 Å². The number of phosphoric ester groups is 1. The normalized spacial score (nSPS) is 16.4. The molecule has 1 aliphatic heterocycles. The first kappa shape index (κ1) is 52.5. The van der Waals surface area contributed by atoms with Crippen molar-refractivity contribution < 1.29 is 42.1 Å². The molecule has 0 aromatic rings. The van der Waals surface area contributed by atoms with E-state index in [-0.39, 0.29) is 25.4 Å². The monoisotopic (exact) mass is 812 g/mol. The van der Waals surface area contributed by atoms with Crippen LogP contribution in [-0.2, 0) is 32.7 Å². The topological polar surface area (TPSA) is 111 Å². The van der Waals surface area contributed by atoms with Gasteiger partial charge in [-0.25, -0.2) is 0 Å². The summed E-state index contributed by atoms with van der Waals surface area (Å²) in [5, 5.41) is 0. The maximum Gasteiger partial charge on any atom is 0.306 e. The molecule has 0 aromatic carbocycles. The Balaban J connectivity index is 2.34. The summed E-state index contributed by atoms with van der Waals surface area (Å²) in [6.45, 7) is 5.42. The molecule has 1 saturated heterocycles. The quantitative estimate of drug-likeness (QED) is 0.0199. The first-order valence-corrected chi connectivity index (χ1v) is 24.6. The fourth-order valence-corrected chi connectivity index (χ4v) is 8.02. The van der Waals surface area contributed by atoms with Crippen LogP contribution in [0.15, 0.2) is 24.3 Å². The van der Waals surface area contributed by atoms with Crippen LogP contribution in [0.25, 0.3) is 0 Å². The van der Waals surface area contributed by atoms with Gasteiger partial charge in [-0.1, -0.05) is 141 Å². The Morgan fingerprint density at radius 1 is 0.607 bits per heavy atom. The zero-order chi connectivity index (χ0) is 41.0.